The molecule has 0 unspecified atom stereocenters. The summed E-state index contributed by atoms with van der Waals surface area (Å²) in [5.74, 6) is -0.424. The van der Waals surface area contributed by atoms with E-state index >= 15 is 0 Å². The molecule has 88 valence electrons. The predicted octanol–water partition coefficient (Wildman–Crippen LogP) is 3.45. The van der Waals surface area contributed by atoms with Crippen LogP contribution in [0.15, 0.2) is 6.08 Å². The summed E-state index contributed by atoms with van der Waals surface area (Å²) in [6, 6.07) is 0. The molecule has 0 aromatic carbocycles. The van der Waals surface area contributed by atoms with Crippen molar-refractivity contribution >= 4 is 23.4 Å². The highest BCUT2D eigenvalue weighted by molar-refractivity contribution is 7.12. The first-order chi connectivity index (χ1) is 7.58. The molecular formula is C12H17NO2S. The van der Waals surface area contributed by atoms with Crippen LogP contribution in [0.1, 0.15) is 48.2 Å². The normalized spacial score (nSPS) is 11.5. The Balaban J connectivity index is 2.93. The zero-order valence-corrected chi connectivity index (χ0v) is 10.7. The number of rotatable bonds is 5. The Bertz CT molecular complexity index is 392. The Kier molecular flexibility index (Phi) is 4.68. The molecule has 1 aromatic heterocycles. The van der Waals surface area contributed by atoms with Crippen molar-refractivity contribution in [1.29, 1.82) is 0 Å². The lowest BCUT2D eigenvalue weighted by Crippen LogP contribution is -1.93. The molecule has 1 rings (SSSR count). The molecule has 0 bridgehead atoms. The van der Waals surface area contributed by atoms with Crippen molar-refractivity contribution in [3.8, 4) is 0 Å². The highest BCUT2D eigenvalue weighted by atomic mass is 32.1. The third kappa shape index (κ3) is 3.17. The Morgan fingerprint density at radius 1 is 1.50 bits per heavy atom. The van der Waals surface area contributed by atoms with Crippen LogP contribution in [0.2, 0.25) is 0 Å². The molecule has 0 atom stereocenters. The van der Waals surface area contributed by atoms with E-state index in [4.69, 9.17) is 5.11 Å². The number of nitrogens with zero attached hydrogens (tertiary/aromatic N) is 1. The van der Waals surface area contributed by atoms with Crippen LogP contribution in [-0.2, 0) is 4.79 Å². The van der Waals surface area contributed by atoms with Gasteiger partial charge in [0.2, 0.25) is 0 Å². The number of hydrogen-bond donors (Lipinski definition) is 1. The summed E-state index contributed by atoms with van der Waals surface area (Å²) in [7, 11) is 0. The van der Waals surface area contributed by atoms with Crippen molar-refractivity contribution in [2.45, 2.75) is 39.5 Å². The van der Waals surface area contributed by atoms with Gasteiger partial charge < -0.3 is 5.11 Å². The minimum Gasteiger partial charge on any atom is -0.478 e. The highest BCUT2D eigenvalue weighted by Crippen LogP contribution is 2.29. The first-order valence-corrected chi connectivity index (χ1v) is 6.28. The summed E-state index contributed by atoms with van der Waals surface area (Å²) in [6.45, 7) is 6.22. The second-order valence-corrected chi connectivity index (χ2v) is 4.75. The van der Waals surface area contributed by atoms with E-state index in [9.17, 15) is 4.79 Å². The molecule has 0 amide bonds. The van der Waals surface area contributed by atoms with Gasteiger partial charge in [0.05, 0.1) is 15.6 Å². The average molecular weight is 239 g/mol. The lowest BCUT2D eigenvalue weighted by Gasteiger charge is -2.06. The Labute approximate surface area is 99.8 Å². The van der Waals surface area contributed by atoms with E-state index in [1.807, 2.05) is 6.92 Å². The topological polar surface area (TPSA) is 50.2 Å². The summed E-state index contributed by atoms with van der Waals surface area (Å²) >= 11 is 1.60. The molecule has 0 saturated heterocycles. The molecular weight excluding hydrogens is 222 g/mol. The van der Waals surface area contributed by atoms with Gasteiger partial charge in [0.1, 0.15) is 0 Å². The number of hydrogen-bond acceptors (Lipinski definition) is 3. The average Bonchev–Trinajstić information content (AvgIpc) is 2.59. The van der Waals surface area contributed by atoms with Crippen molar-refractivity contribution in [1.82, 2.24) is 4.98 Å². The number of carbonyl (C=O) groups is 1. The fourth-order valence-corrected chi connectivity index (χ4v) is 2.78. The van der Waals surface area contributed by atoms with Crippen LogP contribution in [0.25, 0.3) is 6.08 Å². The molecule has 0 spiro atoms. The summed E-state index contributed by atoms with van der Waals surface area (Å²) in [6.07, 6.45) is 4.94. The van der Waals surface area contributed by atoms with Crippen molar-refractivity contribution in [2.24, 2.45) is 0 Å². The van der Waals surface area contributed by atoms with Gasteiger partial charge in [-0.2, -0.15) is 0 Å². The molecule has 0 saturated carbocycles. The van der Waals surface area contributed by atoms with Gasteiger partial charge in [0.25, 0.3) is 0 Å². The van der Waals surface area contributed by atoms with Gasteiger partial charge in [-0.05, 0) is 25.8 Å². The summed E-state index contributed by atoms with van der Waals surface area (Å²) < 4.78 is 0. The molecule has 16 heavy (non-hydrogen) atoms. The fraction of sp³-hybridized carbons (Fsp3) is 0.500. The first kappa shape index (κ1) is 12.9. The van der Waals surface area contributed by atoms with E-state index in [0.717, 1.165) is 34.5 Å². The largest absolute Gasteiger partial charge is 0.478 e. The Morgan fingerprint density at radius 2 is 2.12 bits per heavy atom. The second-order valence-electron chi connectivity index (χ2n) is 3.69. The van der Waals surface area contributed by atoms with Gasteiger partial charge in [-0.1, -0.05) is 13.8 Å². The molecule has 4 heteroatoms. The number of aryl methyl sites for hydroxylation is 1. The quantitative estimate of drug-likeness (QED) is 0.801. The number of aliphatic carboxylic acids is 1. The van der Waals surface area contributed by atoms with Crippen LogP contribution in [-0.4, -0.2) is 16.1 Å². The van der Waals surface area contributed by atoms with Gasteiger partial charge in [-0.3, -0.25) is 0 Å². The molecule has 1 N–H and O–H groups in total. The third-order valence-electron chi connectivity index (χ3n) is 2.56. The third-order valence-corrected chi connectivity index (χ3v) is 3.85. The molecule has 0 radical (unpaired) electrons. The molecule has 0 aliphatic rings. The van der Waals surface area contributed by atoms with Crippen LogP contribution in [0.3, 0.4) is 0 Å². The van der Waals surface area contributed by atoms with E-state index < -0.39 is 5.97 Å². The van der Waals surface area contributed by atoms with Crippen LogP contribution in [0, 0.1) is 6.92 Å². The summed E-state index contributed by atoms with van der Waals surface area (Å²) in [4.78, 5) is 15.9. The zero-order chi connectivity index (χ0) is 12.1. The monoisotopic (exact) mass is 239 g/mol. The van der Waals surface area contributed by atoms with Crippen LogP contribution in [0.4, 0.5) is 0 Å². The lowest BCUT2D eigenvalue weighted by atomic mass is 10.1. The maximum Gasteiger partial charge on any atom is 0.328 e. The molecule has 0 fully saturated rings. The predicted molar refractivity (Wildman–Crippen MR) is 66.8 cm³/mol. The maximum absolute atomic E-state index is 10.4. The lowest BCUT2D eigenvalue weighted by molar-refractivity contribution is -0.131. The number of carboxylic acid groups (broad SMARTS) is 1. The molecule has 1 aromatic rings. The zero-order valence-electron chi connectivity index (χ0n) is 9.86. The second kappa shape index (κ2) is 5.80. The van der Waals surface area contributed by atoms with Gasteiger partial charge in [0.15, 0.2) is 0 Å². The van der Waals surface area contributed by atoms with Crippen LogP contribution < -0.4 is 0 Å². The molecule has 0 aliphatic carbocycles. The number of aromatic nitrogens is 1. The summed E-state index contributed by atoms with van der Waals surface area (Å²) in [5, 5.41) is 9.69. The maximum atomic E-state index is 10.4. The number of thiazole rings is 1. The minimum absolute atomic E-state index is 0.496. The first-order valence-electron chi connectivity index (χ1n) is 5.46. The van der Waals surface area contributed by atoms with E-state index in [1.165, 1.54) is 0 Å². The van der Waals surface area contributed by atoms with E-state index in [0.29, 0.717) is 5.92 Å². The van der Waals surface area contributed by atoms with Gasteiger partial charge in [-0.15, -0.1) is 11.3 Å². The molecule has 1 heterocycles. The smallest absolute Gasteiger partial charge is 0.328 e. The Morgan fingerprint density at radius 3 is 2.62 bits per heavy atom. The van der Waals surface area contributed by atoms with E-state index in [-0.39, 0.29) is 0 Å². The van der Waals surface area contributed by atoms with Crippen molar-refractivity contribution < 1.29 is 9.90 Å². The van der Waals surface area contributed by atoms with Crippen molar-refractivity contribution in [2.75, 3.05) is 0 Å². The summed E-state index contributed by atoms with van der Waals surface area (Å²) in [5.41, 5.74) is 0.921. The molecule has 3 nitrogen and oxygen atoms in total. The van der Waals surface area contributed by atoms with E-state index in [2.05, 4.69) is 18.8 Å². The fourth-order valence-electron chi connectivity index (χ4n) is 1.54. The SMILES string of the molecule is CCC(CC)c1nc(C)c(/C=C/C(=O)O)s1. The van der Waals surface area contributed by atoms with Gasteiger partial charge >= 0.3 is 5.97 Å². The van der Waals surface area contributed by atoms with Crippen LogP contribution >= 0.6 is 11.3 Å². The molecule has 0 aliphatic heterocycles. The van der Waals surface area contributed by atoms with Gasteiger partial charge in [-0.25, -0.2) is 9.78 Å². The Hall–Kier alpha value is -1.16. The minimum atomic E-state index is -0.920. The van der Waals surface area contributed by atoms with Crippen molar-refractivity contribution in [3.63, 3.8) is 0 Å². The standard InChI is InChI=1S/C12H17NO2S/c1-4-9(5-2)12-13-8(3)10(16-12)6-7-11(14)15/h6-7,9H,4-5H2,1-3H3,(H,14,15)/b7-6+. The number of carboxylic acids is 1. The van der Waals surface area contributed by atoms with Crippen molar-refractivity contribution in [3.05, 3.63) is 21.7 Å². The van der Waals surface area contributed by atoms with Crippen LogP contribution in [0.5, 0.6) is 0 Å². The van der Waals surface area contributed by atoms with E-state index in [1.54, 1.807) is 17.4 Å². The van der Waals surface area contributed by atoms with Gasteiger partial charge in [0, 0.05) is 12.0 Å². The highest BCUT2D eigenvalue weighted by Gasteiger charge is 2.13.